The van der Waals surface area contributed by atoms with Crippen LogP contribution in [-0.2, 0) is 14.4 Å². The maximum atomic E-state index is 9.95. The molecule has 0 aliphatic carbocycles. The van der Waals surface area contributed by atoms with E-state index in [0.717, 1.165) is 11.5 Å². The van der Waals surface area contributed by atoms with E-state index in [1.54, 1.807) is 0 Å². The molecule has 0 fully saturated rings. The fourth-order valence-electron chi connectivity index (χ4n) is 0.826. The molecule has 0 aromatic heterocycles. The zero-order chi connectivity index (χ0) is 13.5. The second kappa shape index (κ2) is 14.3. The molecule has 0 aromatic carbocycles. The van der Waals surface area contributed by atoms with E-state index in [4.69, 9.17) is 0 Å². The Morgan fingerprint density at radius 1 is 0.778 bits per heavy atom. The molecule has 0 aromatic rings. The molecular formula is C9H11N3O3S3. The number of aliphatic imine (C=N–C) groups is 3. The minimum Gasteiger partial charge on any atom is -0.211 e. The summed E-state index contributed by atoms with van der Waals surface area (Å²) in [6, 6.07) is 0. The van der Waals surface area contributed by atoms with Gasteiger partial charge in [0.05, 0.1) is 17.6 Å². The van der Waals surface area contributed by atoms with Gasteiger partial charge < -0.3 is 0 Å². The molecule has 0 saturated heterocycles. The smallest absolute Gasteiger partial charge is 0.211 e. The molecule has 18 heavy (non-hydrogen) atoms. The van der Waals surface area contributed by atoms with Crippen LogP contribution in [0.3, 0.4) is 0 Å². The van der Waals surface area contributed by atoms with Gasteiger partial charge in [0.1, 0.15) is 0 Å². The Hall–Kier alpha value is -0.810. The first kappa shape index (κ1) is 17.2. The average molecular weight is 305 g/mol. The lowest BCUT2D eigenvalue weighted by Gasteiger charge is -2.12. The first-order chi connectivity index (χ1) is 8.85. The second-order valence-corrected chi connectivity index (χ2v) is 5.92. The molecule has 0 unspecified atom stereocenters. The van der Waals surface area contributed by atoms with Crippen molar-refractivity contribution in [2.24, 2.45) is 15.0 Å². The Labute approximate surface area is 117 Å². The lowest BCUT2D eigenvalue weighted by Crippen LogP contribution is -2.11. The zero-order valence-corrected chi connectivity index (χ0v) is 11.9. The van der Waals surface area contributed by atoms with Crippen molar-refractivity contribution in [1.82, 2.24) is 0 Å². The summed E-state index contributed by atoms with van der Waals surface area (Å²) in [5.74, 6) is 2.62. The lowest BCUT2D eigenvalue weighted by atomic mass is 10.5. The maximum absolute atomic E-state index is 9.95. The Morgan fingerprint density at radius 2 is 1.22 bits per heavy atom. The molecule has 0 bridgehead atoms. The molecule has 6 nitrogen and oxygen atoms in total. The van der Waals surface area contributed by atoms with Gasteiger partial charge in [-0.1, -0.05) is 0 Å². The molecule has 98 valence electrons. The Bertz CT molecular complexity index is 337. The highest BCUT2D eigenvalue weighted by atomic mass is 32.2. The second-order valence-electron chi connectivity index (χ2n) is 2.67. The van der Waals surface area contributed by atoms with Crippen molar-refractivity contribution in [3.05, 3.63) is 0 Å². The van der Waals surface area contributed by atoms with Crippen molar-refractivity contribution in [1.29, 1.82) is 0 Å². The summed E-state index contributed by atoms with van der Waals surface area (Å²) in [5.41, 5.74) is 0. The third kappa shape index (κ3) is 11.7. The summed E-state index contributed by atoms with van der Waals surface area (Å²) in [4.78, 5) is 40.1. The van der Waals surface area contributed by atoms with Crippen LogP contribution in [0.25, 0.3) is 0 Å². The fourth-order valence-corrected chi connectivity index (χ4v) is 3.92. The first-order valence-corrected chi connectivity index (χ1v) is 8.09. The Balaban J connectivity index is 3.93. The summed E-state index contributed by atoms with van der Waals surface area (Å²) in [5, 5.41) is 0.237. The van der Waals surface area contributed by atoms with Gasteiger partial charge in [-0.15, -0.1) is 35.3 Å². The van der Waals surface area contributed by atoms with Crippen LogP contribution in [-0.4, -0.2) is 52.6 Å². The minimum atomic E-state index is 0.237. The van der Waals surface area contributed by atoms with Gasteiger partial charge in [0.2, 0.25) is 18.2 Å². The van der Waals surface area contributed by atoms with Gasteiger partial charge in [-0.3, -0.25) is 0 Å². The van der Waals surface area contributed by atoms with Crippen molar-refractivity contribution < 1.29 is 14.4 Å². The summed E-state index contributed by atoms with van der Waals surface area (Å²) in [6.45, 7) is 0. The summed E-state index contributed by atoms with van der Waals surface area (Å²) in [6.07, 6.45) is 4.41. The van der Waals surface area contributed by atoms with Crippen LogP contribution in [0.1, 0.15) is 0 Å². The highest BCUT2D eigenvalue weighted by molar-refractivity contribution is 8.05. The third-order valence-corrected chi connectivity index (χ3v) is 4.89. The largest absolute Gasteiger partial charge is 0.235 e. The van der Waals surface area contributed by atoms with Crippen LogP contribution in [0.5, 0.6) is 0 Å². The van der Waals surface area contributed by atoms with Crippen LogP contribution in [0.15, 0.2) is 15.0 Å². The number of hydrogen-bond donors (Lipinski definition) is 0. The fraction of sp³-hybridized carbons (Fsp3) is 0.667. The van der Waals surface area contributed by atoms with Crippen LogP contribution < -0.4 is 0 Å². The van der Waals surface area contributed by atoms with Gasteiger partial charge in [-0.25, -0.2) is 14.4 Å². The van der Waals surface area contributed by atoms with Gasteiger partial charge in [0, 0.05) is 16.8 Å². The molecular weight excluding hydrogens is 294 g/mol. The highest BCUT2D eigenvalue weighted by Crippen LogP contribution is 2.21. The average Bonchev–Trinajstić information content (AvgIpc) is 2.39. The van der Waals surface area contributed by atoms with Gasteiger partial charge in [0.25, 0.3) is 0 Å². The van der Waals surface area contributed by atoms with E-state index in [1.807, 2.05) is 0 Å². The number of hydrogen-bond acceptors (Lipinski definition) is 9. The van der Waals surface area contributed by atoms with E-state index in [1.165, 1.54) is 53.5 Å². The van der Waals surface area contributed by atoms with E-state index in [9.17, 15) is 14.4 Å². The van der Waals surface area contributed by atoms with E-state index in [2.05, 4.69) is 15.0 Å². The molecule has 0 rings (SSSR count). The summed E-state index contributed by atoms with van der Waals surface area (Å²) >= 11 is 4.50. The van der Waals surface area contributed by atoms with Crippen molar-refractivity contribution in [3.8, 4) is 0 Å². The number of thioether (sulfide) groups is 3. The van der Waals surface area contributed by atoms with E-state index < -0.39 is 0 Å². The summed E-state index contributed by atoms with van der Waals surface area (Å²) < 4.78 is 0. The molecule has 0 spiro atoms. The van der Waals surface area contributed by atoms with Crippen molar-refractivity contribution in [3.63, 3.8) is 0 Å². The number of carbonyl (C=O) groups excluding carboxylic acids is 3. The molecule has 0 saturated carbocycles. The quantitative estimate of drug-likeness (QED) is 0.326. The molecule has 9 heteroatoms. The topological polar surface area (TPSA) is 88.3 Å². The minimum absolute atomic E-state index is 0.237. The van der Waals surface area contributed by atoms with Crippen molar-refractivity contribution in [2.75, 3.05) is 29.1 Å². The maximum Gasteiger partial charge on any atom is 0.235 e. The van der Waals surface area contributed by atoms with Crippen LogP contribution in [0.4, 0.5) is 0 Å². The normalized spacial score (nSPS) is 10.7. The van der Waals surface area contributed by atoms with Crippen LogP contribution >= 0.6 is 35.3 Å². The zero-order valence-electron chi connectivity index (χ0n) is 9.40. The molecule has 0 aliphatic heterocycles. The molecule has 0 N–H and O–H groups in total. The molecule has 0 heterocycles. The summed E-state index contributed by atoms with van der Waals surface area (Å²) in [7, 11) is 0. The molecule has 0 atom stereocenters. The monoisotopic (exact) mass is 305 g/mol. The first-order valence-electron chi connectivity index (χ1n) is 4.73. The predicted molar refractivity (Wildman–Crippen MR) is 75.3 cm³/mol. The Kier molecular flexibility index (Phi) is 13.6. The lowest BCUT2D eigenvalue weighted by molar-refractivity contribution is 0.563. The number of isocyanates is 3. The number of nitrogens with zero attached hydrogens (tertiary/aromatic N) is 3. The Morgan fingerprint density at radius 3 is 1.67 bits per heavy atom. The van der Waals surface area contributed by atoms with Gasteiger partial charge in [0.15, 0.2) is 0 Å². The van der Waals surface area contributed by atoms with Gasteiger partial charge in [-0.2, -0.15) is 15.0 Å². The van der Waals surface area contributed by atoms with Gasteiger partial charge in [-0.05, 0) is 0 Å². The van der Waals surface area contributed by atoms with E-state index in [-0.39, 0.29) is 5.25 Å². The van der Waals surface area contributed by atoms with Crippen LogP contribution in [0.2, 0.25) is 0 Å². The third-order valence-electron chi connectivity index (χ3n) is 1.49. The highest BCUT2D eigenvalue weighted by Gasteiger charge is 2.09. The predicted octanol–water partition coefficient (Wildman–Crippen LogP) is 1.43. The van der Waals surface area contributed by atoms with Crippen LogP contribution in [0, 0.1) is 0 Å². The molecule has 0 radical (unpaired) electrons. The number of rotatable bonds is 11. The van der Waals surface area contributed by atoms with Gasteiger partial charge >= 0.3 is 0 Å². The molecule has 0 aliphatic rings. The van der Waals surface area contributed by atoms with Crippen molar-refractivity contribution >= 4 is 53.5 Å². The van der Waals surface area contributed by atoms with E-state index in [0.29, 0.717) is 17.6 Å². The van der Waals surface area contributed by atoms with Crippen molar-refractivity contribution in [2.45, 2.75) is 5.25 Å². The SMILES string of the molecule is O=C=NCSCC(CSCN=C=O)SCN=C=O. The standard InChI is InChI=1S/C9H11N3O3S3/c13-3-10-6-16-1-9(18-8-12-5-15)2-17-7-11-4-14/h9H,1-2,6-8H2. The molecule has 0 amide bonds. The van der Waals surface area contributed by atoms with E-state index >= 15 is 0 Å².